The molecule has 1 aliphatic rings. The van der Waals surface area contributed by atoms with E-state index >= 15 is 0 Å². The maximum Gasteiger partial charge on any atom is 0.126 e. The second-order valence-corrected chi connectivity index (χ2v) is 3.32. The van der Waals surface area contributed by atoms with Gasteiger partial charge in [0.1, 0.15) is 5.82 Å². The predicted molar refractivity (Wildman–Crippen MR) is 55.1 cm³/mol. The van der Waals surface area contributed by atoms with E-state index in [9.17, 15) is 0 Å². The monoisotopic (exact) mass is 193 g/mol. The fourth-order valence-corrected chi connectivity index (χ4v) is 1.53. The molecule has 1 aromatic rings. The molecule has 0 amide bonds. The maximum absolute atomic E-state index is 5.40. The van der Waals surface area contributed by atoms with E-state index < -0.39 is 0 Å². The molecule has 0 unspecified atom stereocenters. The molecule has 14 heavy (non-hydrogen) atoms. The molecule has 4 nitrogen and oxygen atoms in total. The van der Waals surface area contributed by atoms with Crippen LogP contribution < -0.4 is 11.1 Å². The Kier molecular flexibility index (Phi) is 2.96. The van der Waals surface area contributed by atoms with Gasteiger partial charge in [0, 0.05) is 13.1 Å². The van der Waals surface area contributed by atoms with E-state index in [1.807, 2.05) is 6.07 Å². The van der Waals surface area contributed by atoms with E-state index in [4.69, 9.17) is 10.5 Å². The predicted octanol–water partition coefficient (Wildman–Crippen LogP) is 0.525. The zero-order chi connectivity index (χ0) is 9.80. The molecule has 0 saturated heterocycles. The van der Waals surface area contributed by atoms with Gasteiger partial charge >= 0.3 is 0 Å². The number of nitrogens with zero attached hydrogens (tertiary/aromatic N) is 1. The minimum atomic E-state index is 0.620. The van der Waals surface area contributed by atoms with Gasteiger partial charge in [0.05, 0.1) is 18.9 Å². The minimum absolute atomic E-state index is 0.620. The van der Waals surface area contributed by atoms with Gasteiger partial charge in [-0.15, -0.1) is 0 Å². The number of nitrogens with one attached hydrogen (secondary N) is 1. The Bertz CT molecular complexity index is 314. The van der Waals surface area contributed by atoms with Crippen LogP contribution in [0.4, 0.5) is 5.82 Å². The van der Waals surface area contributed by atoms with Crippen LogP contribution in [0.15, 0.2) is 12.1 Å². The molecule has 0 aromatic carbocycles. The summed E-state index contributed by atoms with van der Waals surface area (Å²) >= 11 is 0. The first-order valence-electron chi connectivity index (χ1n) is 4.90. The summed E-state index contributed by atoms with van der Waals surface area (Å²) in [6.07, 6.45) is 0.972. The molecule has 3 N–H and O–H groups in total. The molecule has 0 aliphatic carbocycles. The zero-order valence-corrected chi connectivity index (χ0v) is 8.12. The molecular weight excluding hydrogens is 178 g/mol. The summed E-state index contributed by atoms with van der Waals surface area (Å²) in [5, 5.41) is 3.15. The number of hydrogen-bond acceptors (Lipinski definition) is 4. The first-order valence-corrected chi connectivity index (χ1v) is 4.90. The highest BCUT2D eigenvalue weighted by Crippen LogP contribution is 2.16. The van der Waals surface area contributed by atoms with Crippen molar-refractivity contribution in [2.75, 3.05) is 25.0 Å². The van der Waals surface area contributed by atoms with Crippen molar-refractivity contribution in [2.45, 2.75) is 13.0 Å². The Labute approximate surface area is 83.5 Å². The van der Waals surface area contributed by atoms with Crippen molar-refractivity contribution >= 4 is 5.82 Å². The average Bonchev–Trinajstić information content (AvgIpc) is 2.26. The average molecular weight is 193 g/mol. The molecule has 0 radical (unpaired) electrons. The van der Waals surface area contributed by atoms with Crippen molar-refractivity contribution in [1.29, 1.82) is 0 Å². The van der Waals surface area contributed by atoms with E-state index in [0.29, 0.717) is 13.2 Å². The van der Waals surface area contributed by atoms with Crippen molar-refractivity contribution in [3.05, 3.63) is 23.4 Å². The van der Waals surface area contributed by atoms with Gasteiger partial charge in [-0.2, -0.15) is 0 Å². The Morgan fingerprint density at radius 2 is 2.43 bits per heavy atom. The van der Waals surface area contributed by atoms with Crippen LogP contribution in [-0.4, -0.2) is 24.7 Å². The number of rotatable bonds is 3. The van der Waals surface area contributed by atoms with Gasteiger partial charge in [0.2, 0.25) is 0 Å². The molecule has 4 heteroatoms. The fourth-order valence-electron chi connectivity index (χ4n) is 1.53. The summed E-state index contributed by atoms with van der Waals surface area (Å²) in [6.45, 7) is 2.82. The van der Waals surface area contributed by atoms with Gasteiger partial charge in [0.15, 0.2) is 0 Å². The van der Waals surface area contributed by atoms with Crippen molar-refractivity contribution in [2.24, 2.45) is 5.73 Å². The molecule has 1 aliphatic heterocycles. The van der Waals surface area contributed by atoms with E-state index in [1.54, 1.807) is 0 Å². The van der Waals surface area contributed by atoms with E-state index in [-0.39, 0.29) is 0 Å². The molecule has 0 bridgehead atoms. The van der Waals surface area contributed by atoms with Crippen molar-refractivity contribution < 1.29 is 4.74 Å². The molecule has 2 rings (SSSR count). The minimum Gasteiger partial charge on any atom is -0.375 e. The lowest BCUT2D eigenvalue weighted by molar-refractivity contribution is 0.107. The second-order valence-electron chi connectivity index (χ2n) is 3.32. The largest absolute Gasteiger partial charge is 0.375 e. The second kappa shape index (κ2) is 4.39. The standard InChI is InChI=1S/C10H15N3O/c11-4-5-12-10-2-1-8-3-6-14-7-9(8)13-10/h1-2H,3-7,11H2,(H,12,13). The molecule has 1 aromatic heterocycles. The Hall–Kier alpha value is -1.13. The lowest BCUT2D eigenvalue weighted by Gasteiger charge is -2.16. The van der Waals surface area contributed by atoms with Gasteiger partial charge in [-0.05, 0) is 18.1 Å². The topological polar surface area (TPSA) is 60.2 Å². The SMILES string of the molecule is NCCNc1ccc2c(n1)COCC2. The third-order valence-corrected chi connectivity index (χ3v) is 2.27. The van der Waals surface area contributed by atoms with Crippen LogP contribution in [0.5, 0.6) is 0 Å². The fraction of sp³-hybridized carbons (Fsp3) is 0.500. The smallest absolute Gasteiger partial charge is 0.126 e. The molecular formula is C10H15N3O. The third kappa shape index (κ3) is 2.02. The van der Waals surface area contributed by atoms with Crippen molar-refractivity contribution in [1.82, 2.24) is 4.98 Å². The number of nitrogens with two attached hydrogens (primary N) is 1. The summed E-state index contributed by atoms with van der Waals surface area (Å²) in [6, 6.07) is 4.11. The lowest BCUT2D eigenvalue weighted by atomic mass is 10.1. The normalized spacial score (nSPS) is 14.9. The highest BCUT2D eigenvalue weighted by Gasteiger charge is 2.10. The Balaban J connectivity index is 2.12. The summed E-state index contributed by atoms with van der Waals surface area (Å²) in [4.78, 5) is 4.46. The number of pyridine rings is 1. The van der Waals surface area contributed by atoms with Crippen molar-refractivity contribution in [3.63, 3.8) is 0 Å². The Morgan fingerprint density at radius 3 is 3.29 bits per heavy atom. The first kappa shape index (κ1) is 9.43. The van der Waals surface area contributed by atoms with Crippen LogP contribution in [0, 0.1) is 0 Å². The van der Waals surface area contributed by atoms with Crippen LogP contribution in [0.25, 0.3) is 0 Å². The molecule has 0 saturated carbocycles. The van der Waals surface area contributed by atoms with E-state index in [1.165, 1.54) is 5.56 Å². The highest BCUT2D eigenvalue weighted by molar-refractivity contribution is 5.39. The number of fused-ring (bicyclic) bond motifs is 1. The maximum atomic E-state index is 5.40. The Morgan fingerprint density at radius 1 is 1.50 bits per heavy atom. The van der Waals surface area contributed by atoms with Crippen LogP contribution in [0.3, 0.4) is 0 Å². The van der Waals surface area contributed by atoms with E-state index in [2.05, 4.69) is 16.4 Å². The summed E-state index contributed by atoms with van der Waals surface area (Å²) in [7, 11) is 0. The molecule has 76 valence electrons. The van der Waals surface area contributed by atoms with Gasteiger partial charge < -0.3 is 15.8 Å². The third-order valence-electron chi connectivity index (χ3n) is 2.27. The first-order chi connectivity index (χ1) is 6.90. The van der Waals surface area contributed by atoms with Crippen molar-refractivity contribution in [3.8, 4) is 0 Å². The van der Waals surface area contributed by atoms with Gasteiger partial charge in [-0.3, -0.25) is 0 Å². The molecule has 0 atom stereocenters. The molecule has 0 fully saturated rings. The van der Waals surface area contributed by atoms with E-state index in [0.717, 1.165) is 31.1 Å². The van der Waals surface area contributed by atoms with Gasteiger partial charge in [-0.25, -0.2) is 4.98 Å². The summed E-state index contributed by atoms with van der Waals surface area (Å²) < 4.78 is 5.34. The highest BCUT2D eigenvalue weighted by atomic mass is 16.5. The lowest BCUT2D eigenvalue weighted by Crippen LogP contribution is -2.16. The quantitative estimate of drug-likeness (QED) is 0.735. The van der Waals surface area contributed by atoms with Crippen LogP contribution in [-0.2, 0) is 17.8 Å². The number of anilines is 1. The van der Waals surface area contributed by atoms with Crippen LogP contribution in [0.1, 0.15) is 11.3 Å². The van der Waals surface area contributed by atoms with Gasteiger partial charge in [-0.1, -0.05) is 6.07 Å². The number of ether oxygens (including phenoxy) is 1. The zero-order valence-electron chi connectivity index (χ0n) is 8.12. The molecule has 0 spiro atoms. The summed E-state index contributed by atoms with van der Waals surface area (Å²) in [5.41, 5.74) is 7.75. The number of aromatic nitrogens is 1. The van der Waals surface area contributed by atoms with Crippen LogP contribution >= 0.6 is 0 Å². The number of hydrogen-bond donors (Lipinski definition) is 2. The van der Waals surface area contributed by atoms with Crippen LogP contribution in [0.2, 0.25) is 0 Å². The summed E-state index contributed by atoms with van der Waals surface area (Å²) in [5.74, 6) is 0.889. The van der Waals surface area contributed by atoms with Gasteiger partial charge in [0.25, 0.3) is 0 Å². The molecule has 2 heterocycles.